The van der Waals surface area contributed by atoms with Gasteiger partial charge in [0.05, 0.1) is 17.8 Å². The molecule has 118 valence electrons. The number of carbonyl (C=O) groups excluding carboxylic acids is 1. The van der Waals surface area contributed by atoms with E-state index in [4.69, 9.17) is 11.6 Å². The first-order valence-electron chi connectivity index (χ1n) is 6.65. The molecule has 0 bridgehead atoms. The van der Waals surface area contributed by atoms with Crippen LogP contribution in [-0.4, -0.2) is 30.5 Å². The molecule has 0 saturated heterocycles. The fraction of sp³-hybridized carbons (Fsp3) is 0.143. The van der Waals surface area contributed by atoms with Crippen molar-refractivity contribution >= 4 is 23.5 Å². The van der Waals surface area contributed by atoms with Gasteiger partial charge in [0, 0.05) is 7.05 Å². The number of hydrogen-bond acceptors (Lipinski definition) is 4. The summed E-state index contributed by atoms with van der Waals surface area (Å²) < 4.78 is 15.8. The van der Waals surface area contributed by atoms with Crippen LogP contribution in [-0.2, 0) is 13.6 Å². The van der Waals surface area contributed by atoms with E-state index < -0.39 is 5.91 Å². The second-order valence-corrected chi connectivity index (χ2v) is 5.22. The lowest BCUT2D eigenvalue weighted by Crippen LogP contribution is -2.17. The molecule has 0 saturated carbocycles. The van der Waals surface area contributed by atoms with Crippen molar-refractivity contribution in [3.63, 3.8) is 0 Å². The smallest absolute Gasteiger partial charge is 0.277 e. The van der Waals surface area contributed by atoms with Gasteiger partial charge in [-0.25, -0.2) is 14.1 Å². The molecule has 3 aromatic rings. The molecule has 0 aliphatic carbocycles. The lowest BCUT2D eigenvalue weighted by Gasteiger charge is -2.02. The minimum absolute atomic E-state index is 0.148. The van der Waals surface area contributed by atoms with E-state index in [0.717, 1.165) is 5.56 Å². The quantitative estimate of drug-likeness (QED) is 0.792. The number of nitrogens with zero attached hydrogens (tertiary/aromatic N) is 5. The van der Waals surface area contributed by atoms with Gasteiger partial charge in [-0.15, -0.1) is 5.10 Å². The first kappa shape index (κ1) is 15.2. The van der Waals surface area contributed by atoms with Gasteiger partial charge in [0.1, 0.15) is 17.8 Å². The Hall–Kier alpha value is -2.74. The first-order valence-corrected chi connectivity index (χ1v) is 7.03. The van der Waals surface area contributed by atoms with E-state index in [2.05, 4.69) is 20.5 Å². The van der Waals surface area contributed by atoms with Crippen LogP contribution in [0.25, 0.3) is 0 Å². The Kier molecular flexibility index (Phi) is 4.07. The van der Waals surface area contributed by atoms with Gasteiger partial charge in [0.2, 0.25) is 5.95 Å². The van der Waals surface area contributed by atoms with E-state index in [-0.39, 0.29) is 22.5 Å². The summed E-state index contributed by atoms with van der Waals surface area (Å²) in [6, 6.07) is 6.06. The third kappa shape index (κ3) is 3.37. The maximum absolute atomic E-state index is 12.9. The minimum atomic E-state index is -0.450. The first-order chi connectivity index (χ1) is 11.0. The molecule has 0 atom stereocenters. The third-order valence-electron chi connectivity index (χ3n) is 3.13. The summed E-state index contributed by atoms with van der Waals surface area (Å²) >= 11 is 5.91. The van der Waals surface area contributed by atoms with Crippen molar-refractivity contribution in [2.75, 3.05) is 5.32 Å². The zero-order valence-electron chi connectivity index (χ0n) is 12.1. The highest BCUT2D eigenvalue weighted by molar-refractivity contribution is 6.34. The fourth-order valence-electron chi connectivity index (χ4n) is 2.03. The number of amides is 1. The second kappa shape index (κ2) is 6.17. The fourth-order valence-corrected chi connectivity index (χ4v) is 2.28. The second-order valence-electron chi connectivity index (χ2n) is 4.81. The van der Waals surface area contributed by atoms with Gasteiger partial charge in [0.15, 0.2) is 0 Å². The van der Waals surface area contributed by atoms with E-state index in [1.807, 2.05) is 0 Å². The monoisotopic (exact) mass is 334 g/mol. The number of hydrogen-bond donors (Lipinski definition) is 1. The molecule has 0 unspecified atom stereocenters. The highest BCUT2D eigenvalue weighted by Gasteiger charge is 2.17. The van der Waals surface area contributed by atoms with E-state index in [1.165, 1.54) is 34.0 Å². The predicted octanol–water partition coefficient (Wildman–Crippen LogP) is 2.10. The summed E-state index contributed by atoms with van der Waals surface area (Å²) in [4.78, 5) is 16.1. The van der Waals surface area contributed by atoms with Crippen molar-refractivity contribution in [3.05, 3.63) is 58.9 Å². The van der Waals surface area contributed by atoms with Crippen LogP contribution in [0.3, 0.4) is 0 Å². The molecule has 3 rings (SSSR count). The molecule has 1 aromatic carbocycles. The Bertz CT molecular complexity index is 822. The molecule has 0 radical (unpaired) electrons. The number of aromatic nitrogens is 5. The number of benzene rings is 1. The number of rotatable bonds is 4. The van der Waals surface area contributed by atoms with Gasteiger partial charge in [-0.05, 0) is 17.7 Å². The molecule has 0 spiro atoms. The zero-order valence-corrected chi connectivity index (χ0v) is 12.8. The third-order valence-corrected chi connectivity index (χ3v) is 3.41. The number of halogens is 2. The molecule has 1 amide bonds. The SMILES string of the molecule is Cn1ncc(Cl)c1C(=O)Nc1ncn(Cc2ccc(F)cc2)n1. The van der Waals surface area contributed by atoms with Crippen molar-refractivity contribution in [1.29, 1.82) is 0 Å². The van der Waals surface area contributed by atoms with Crippen LogP contribution < -0.4 is 5.32 Å². The summed E-state index contributed by atoms with van der Waals surface area (Å²) in [6.07, 6.45) is 2.86. The van der Waals surface area contributed by atoms with Crippen LogP contribution in [0.5, 0.6) is 0 Å². The van der Waals surface area contributed by atoms with E-state index in [9.17, 15) is 9.18 Å². The van der Waals surface area contributed by atoms with Crippen molar-refractivity contribution in [3.8, 4) is 0 Å². The maximum Gasteiger partial charge on any atom is 0.277 e. The van der Waals surface area contributed by atoms with Gasteiger partial charge >= 0.3 is 0 Å². The summed E-state index contributed by atoms with van der Waals surface area (Å²) in [5, 5.41) is 10.8. The average molecular weight is 335 g/mol. The van der Waals surface area contributed by atoms with Crippen LogP contribution in [0.15, 0.2) is 36.8 Å². The molecule has 0 aliphatic rings. The Labute approximate surface area is 135 Å². The van der Waals surface area contributed by atoms with Gasteiger partial charge < -0.3 is 0 Å². The van der Waals surface area contributed by atoms with Crippen LogP contribution in [0.2, 0.25) is 5.02 Å². The van der Waals surface area contributed by atoms with Crippen LogP contribution in [0.4, 0.5) is 10.3 Å². The molecule has 2 heterocycles. The van der Waals surface area contributed by atoms with Crippen LogP contribution >= 0.6 is 11.6 Å². The molecular formula is C14H12ClFN6O. The molecule has 0 fully saturated rings. The summed E-state index contributed by atoms with van der Waals surface area (Å²) in [5.74, 6) is -0.600. The Morgan fingerprint density at radius 1 is 1.35 bits per heavy atom. The number of aryl methyl sites for hydroxylation is 1. The topological polar surface area (TPSA) is 77.6 Å². The Morgan fingerprint density at radius 2 is 2.09 bits per heavy atom. The van der Waals surface area contributed by atoms with Crippen molar-refractivity contribution in [1.82, 2.24) is 24.5 Å². The average Bonchev–Trinajstić information content (AvgIpc) is 3.08. The van der Waals surface area contributed by atoms with Gasteiger partial charge in [0.25, 0.3) is 5.91 Å². The van der Waals surface area contributed by atoms with Gasteiger partial charge in [-0.3, -0.25) is 14.8 Å². The molecule has 0 aliphatic heterocycles. The maximum atomic E-state index is 12.9. The Morgan fingerprint density at radius 3 is 2.74 bits per heavy atom. The van der Waals surface area contributed by atoms with Crippen molar-refractivity contribution in [2.24, 2.45) is 7.05 Å². The lowest BCUT2D eigenvalue weighted by molar-refractivity contribution is 0.101. The predicted molar refractivity (Wildman–Crippen MR) is 81.7 cm³/mol. The van der Waals surface area contributed by atoms with E-state index >= 15 is 0 Å². The molecule has 23 heavy (non-hydrogen) atoms. The highest BCUT2D eigenvalue weighted by Crippen LogP contribution is 2.15. The van der Waals surface area contributed by atoms with Gasteiger partial charge in [-0.2, -0.15) is 5.10 Å². The van der Waals surface area contributed by atoms with Gasteiger partial charge in [-0.1, -0.05) is 23.7 Å². The zero-order chi connectivity index (χ0) is 16.4. The van der Waals surface area contributed by atoms with Crippen LogP contribution in [0, 0.1) is 5.82 Å². The molecule has 9 heteroatoms. The summed E-state index contributed by atoms with van der Waals surface area (Å²) in [7, 11) is 1.61. The summed E-state index contributed by atoms with van der Waals surface area (Å²) in [5.41, 5.74) is 1.09. The molecule has 2 aromatic heterocycles. The largest absolute Gasteiger partial charge is 0.288 e. The summed E-state index contributed by atoms with van der Waals surface area (Å²) in [6.45, 7) is 0.412. The standard InChI is InChI=1S/C14H12ClFN6O/c1-21-12(11(15)6-18-21)13(23)19-14-17-8-22(20-14)7-9-2-4-10(16)5-3-9/h2-6,8H,7H2,1H3,(H,19,20,23). The number of nitrogens with one attached hydrogen (secondary N) is 1. The normalized spacial score (nSPS) is 10.7. The highest BCUT2D eigenvalue weighted by atomic mass is 35.5. The number of anilines is 1. The minimum Gasteiger partial charge on any atom is -0.288 e. The number of carbonyl (C=O) groups is 1. The molecular weight excluding hydrogens is 323 g/mol. The molecule has 7 nitrogen and oxygen atoms in total. The van der Waals surface area contributed by atoms with Crippen molar-refractivity contribution < 1.29 is 9.18 Å². The van der Waals surface area contributed by atoms with E-state index in [1.54, 1.807) is 19.2 Å². The van der Waals surface area contributed by atoms with E-state index in [0.29, 0.717) is 6.54 Å². The van der Waals surface area contributed by atoms with Crippen molar-refractivity contribution in [2.45, 2.75) is 6.54 Å². The molecule has 1 N–H and O–H groups in total. The van der Waals surface area contributed by atoms with Crippen LogP contribution in [0.1, 0.15) is 16.1 Å². The Balaban J connectivity index is 1.70. The lowest BCUT2D eigenvalue weighted by atomic mass is 10.2.